The summed E-state index contributed by atoms with van der Waals surface area (Å²) < 4.78 is 26.5. The van der Waals surface area contributed by atoms with Crippen molar-refractivity contribution in [3.05, 3.63) is 0 Å². The first kappa shape index (κ1) is 14.7. The van der Waals surface area contributed by atoms with Crippen LogP contribution < -0.4 is 0 Å². The predicted octanol–water partition coefficient (Wildman–Crippen LogP) is 0.277. The second-order valence-electron chi connectivity index (χ2n) is 4.44. The second kappa shape index (κ2) is 5.13. The van der Waals surface area contributed by atoms with E-state index in [9.17, 15) is 13.2 Å². The maximum absolute atomic E-state index is 12.1. The Morgan fingerprint density at radius 1 is 1.47 bits per heavy atom. The van der Waals surface area contributed by atoms with Gasteiger partial charge >= 0.3 is 5.97 Å². The molecule has 1 aliphatic rings. The Hall–Kier alpha value is -0.310. The van der Waals surface area contributed by atoms with Crippen molar-refractivity contribution < 1.29 is 18.3 Å². The van der Waals surface area contributed by atoms with Crippen molar-refractivity contribution in [1.82, 2.24) is 8.61 Å². The molecule has 0 saturated carbocycles. The van der Waals surface area contributed by atoms with Gasteiger partial charge in [0.15, 0.2) is 0 Å². The van der Waals surface area contributed by atoms with Gasteiger partial charge in [0, 0.05) is 19.8 Å². The van der Waals surface area contributed by atoms with Crippen LogP contribution in [-0.4, -0.2) is 59.4 Å². The molecule has 1 N–H and O–H groups in total. The molecule has 0 aromatic rings. The molecule has 1 aliphatic heterocycles. The van der Waals surface area contributed by atoms with E-state index in [4.69, 9.17) is 5.11 Å². The fourth-order valence-corrected chi connectivity index (χ4v) is 5.00. The SMILES string of the molecule is CC(C)C1SCC(C(=O)O)N1S(=O)(=O)N(C)C. The zero-order valence-electron chi connectivity index (χ0n) is 10.3. The minimum absolute atomic E-state index is 0.0686. The molecule has 1 rings (SSSR count). The molecule has 1 heterocycles. The highest BCUT2D eigenvalue weighted by Crippen LogP contribution is 2.36. The van der Waals surface area contributed by atoms with Crippen LogP contribution in [0.5, 0.6) is 0 Å². The van der Waals surface area contributed by atoms with Gasteiger partial charge in [0.2, 0.25) is 0 Å². The molecule has 100 valence electrons. The van der Waals surface area contributed by atoms with E-state index in [1.807, 2.05) is 13.8 Å². The van der Waals surface area contributed by atoms with Crippen molar-refractivity contribution in [2.75, 3.05) is 19.8 Å². The molecule has 1 fully saturated rings. The summed E-state index contributed by atoms with van der Waals surface area (Å²) in [5, 5.41) is 8.77. The van der Waals surface area contributed by atoms with Crippen LogP contribution in [0, 0.1) is 5.92 Å². The molecule has 8 heteroatoms. The summed E-state index contributed by atoms with van der Waals surface area (Å²) in [6.45, 7) is 3.78. The summed E-state index contributed by atoms with van der Waals surface area (Å²) in [6.07, 6.45) is 0. The molecule has 0 spiro atoms. The summed E-state index contributed by atoms with van der Waals surface area (Å²) in [4.78, 5) is 11.1. The Bertz CT molecular complexity index is 394. The first-order chi connectivity index (χ1) is 7.69. The highest BCUT2D eigenvalue weighted by atomic mass is 32.2. The summed E-state index contributed by atoms with van der Waals surface area (Å²) in [6, 6.07) is -0.972. The Labute approximate surface area is 106 Å². The topological polar surface area (TPSA) is 77.9 Å². The summed E-state index contributed by atoms with van der Waals surface area (Å²) in [5.74, 6) is -0.726. The average molecular weight is 282 g/mol. The molecule has 0 aromatic heterocycles. The highest BCUT2D eigenvalue weighted by Gasteiger charge is 2.47. The number of aliphatic carboxylic acids is 1. The van der Waals surface area contributed by atoms with Crippen LogP contribution in [0.2, 0.25) is 0 Å². The molecular weight excluding hydrogens is 264 g/mol. The van der Waals surface area contributed by atoms with Crippen LogP contribution >= 0.6 is 11.8 Å². The number of rotatable bonds is 4. The van der Waals surface area contributed by atoms with Gasteiger partial charge in [-0.1, -0.05) is 13.8 Å². The average Bonchev–Trinajstić information content (AvgIpc) is 2.61. The maximum atomic E-state index is 12.1. The number of carbonyl (C=O) groups is 1. The lowest BCUT2D eigenvalue weighted by atomic mass is 10.2. The smallest absolute Gasteiger partial charge is 0.322 e. The third kappa shape index (κ3) is 2.75. The van der Waals surface area contributed by atoms with E-state index in [1.165, 1.54) is 25.9 Å². The summed E-state index contributed by atoms with van der Waals surface area (Å²) in [7, 11) is -0.877. The van der Waals surface area contributed by atoms with Gasteiger partial charge in [-0.2, -0.15) is 17.0 Å². The lowest BCUT2D eigenvalue weighted by molar-refractivity contribution is -0.140. The molecule has 2 atom stereocenters. The van der Waals surface area contributed by atoms with E-state index in [-0.39, 0.29) is 11.3 Å². The van der Waals surface area contributed by atoms with Gasteiger partial charge in [0.1, 0.15) is 6.04 Å². The fourth-order valence-electron chi connectivity index (χ4n) is 1.66. The molecule has 17 heavy (non-hydrogen) atoms. The molecule has 0 amide bonds. The van der Waals surface area contributed by atoms with Crippen LogP contribution in [0.25, 0.3) is 0 Å². The minimum atomic E-state index is -3.70. The van der Waals surface area contributed by atoms with Crippen molar-refractivity contribution >= 4 is 27.9 Å². The number of hydrogen-bond acceptors (Lipinski definition) is 4. The van der Waals surface area contributed by atoms with Gasteiger partial charge in [-0.3, -0.25) is 4.79 Å². The van der Waals surface area contributed by atoms with E-state index < -0.39 is 22.2 Å². The third-order valence-electron chi connectivity index (χ3n) is 2.57. The monoisotopic (exact) mass is 282 g/mol. The van der Waals surface area contributed by atoms with Gasteiger partial charge in [-0.15, -0.1) is 11.8 Å². The lowest BCUT2D eigenvalue weighted by Gasteiger charge is -2.30. The fraction of sp³-hybridized carbons (Fsp3) is 0.889. The molecule has 2 unspecified atom stereocenters. The Kier molecular flexibility index (Phi) is 4.45. The van der Waals surface area contributed by atoms with E-state index in [0.717, 1.165) is 8.61 Å². The zero-order valence-corrected chi connectivity index (χ0v) is 12.0. The van der Waals surface area contributed by atoms with Crippen molar-refractivity contribution in [2.45, 2.75) is 25.3 Å². The van der Waals surface area contributed by atoms with Crippen LogP contribution in [0.1, 0.15) is 13.8 Å². The molecule has 6 nitrogen and oxygen atoms in total. The molecule has 0 aromatic carbocycles. The quantitative estimate of drug-likeness (QED) is 0.801. The Morgan fingerprint density at radius 2 is 2.00 bits per heavy atom. The molecule has 0 aliphatic carbocycles. The van der Waals surface area contributed by atoms with Crippen LogP contribution in [-0.2, 0) is 15.0 Å². The van der Waals surface area contributed by atoms with E-state index in [0.29, 0.717) is 5.75 Å². The predicted molar refractivity (Wildman–Crippen MR) is 67.0 cm³/mol. The van der Waals surface area contributed by atoms with Gasteiger partial charge in [0.25, 0.3) is 10.2 Å². The number of nitrogens with zero attached hydrogens (tertiary/aromatic N) is 2. The standard InChI is InChI=1S/C9H18N2O4S2/c1-6(2)8-11(17(14,15)10(3)4)7(5-16-8)9(12)13/h6-8H,5H2,1-4H3,(H,12,13). The number of thioether (sulfide) groups is 1. The summed E-state index contributed by atoms with van der Waals surface area (Å²) >= 11 is 1.38. The number of carboxylic acid groups (broad SMARTS) is 1. The lowest BCUT2D eigenvalue weighted by Crippen LogP contribution is -2.51. The van der Waals surface area contributed by atoms with Crippen molar-refractivity contribution in [1.29, 1.82) is 0 Å². The Morgan fingerprint density at radius 3 is 2.35 bits per heavy atom. The van der Waals surface area contributed by atoms with E-state index in [2.05, 4.69) is 0 Å². The largest absolute Gasteiger partial charge is 0.480 e. The van der Waals surface area contributed by atoms with Crippen LogP contribution in [0.4, 0.5) is 0 Å². The van der Waals surface area contributed by atoms with Crippen molar-refractivity contribution in [3.8, 4) is 0 Å². The van der Waals surface area contributed by atoms with Gasteiger partial charge in [-0.05, 0) is 5.92 Å². The Balaban J connectivity index is 3.15. The molecule has 1 saturated heterocycles. The molecule has 0 bridgehead atoms. The zero-order chi connectivity index (χ0) is 13.4. The summed E-state index contributed by atoms with van der Waals surface area (Å²) in [5.41, 5.74) is 0. The third-order valence-corrected chi connectivity index (χ3v) is 6.26. The van der Waals surface area contributed by atoms with Crippen LogP contribution in [0.15, 0.2) is 0 Å². The molecular formula is C9H18N2O4S2. The normalized spacial score (nSPS) is 26.9. The number of hydrogen-bond donors (Lipinski definition) is 1. The minimum Gasteiger partial charge on any atom is -0.480 e. The van der Waals surface area contributed by atoms with E-state index in [1.54, 1.807) is 0 Å². The highest BCUT2D eigenvalue weighted by molar-refractivity contribution is 8.01. The van der Waals surface area contributed by atoms with Gasteiger partial charge in [0.05, 0.1) is 5.37 Å². The molecule has 0 radical (unpaired) electrons. The van der Waals surface area contributed by atoms with E-state index >= 15 is 0 Å². The van der Waals surface area contributed by atoms with Crippen molar-refractivity contribution in [2.24, 2.45) is 5.92 Å². The van der Waals surface area contributed by atoms with Gasteiger partial charge in [-0.25, -0.2) is 0 Å². The van der Waals surface area contributed by atoms with Crippen LogP contribution in [0.3, 0.4) is 0 Å². The first-order valence-corrected chi connectivity index (χ1v) is 7.69. The van der Waals surface area contributed by atoms with Gasteiger partial charge < -0.3 is 5.11 Å². The first-order valence-electron chi connectivity index (χ1n) is 5.25. The second-order valence-corrected chi connectivity index (χ2v) is 7.64. The maximum Gasteiger partial charge on any atom is 0.322 e. The number of carboxylic acids is 1. The van der Waals surface area contributed by atoms with Crippen molar-refractivity contribution in [3.63, 3.8) is 0 Å².